The molecule has 0 aliphatic heterocycles. The first kappa shape index (κ1) is 14.3. The Hall–Kier alpha value is -1.29. The number of allylic oxidation sites excluding steroid dienone is 1. The first-order valence-corrected chi connectivity index (χ1v) is 9.79. The highest BCUT2D eigenvalue weighted by atomic mass is 32.2. The van der Waals surface area contributed by atoms with E-state index in [0.29, 0.717) is 10.6 Å². The van der Waals surface area contributed by atoms with Crippen LogP contribution < -0.4 is 5.73 Å². The average molecular weight is 317 g/mol. The lowest BCUT2D eigenvalue weighted by Gasteiger charge is -2.57. The number of rotatable bonds is 3. The molecule has 0 aromatic heterocycles. The number of benzene rings is 1. The molecule has 4 fully saturated rings. The molecule has 4 bridgehead atoms. The Kier molecular flexibility index (Phi) is 3.16. The molecule has 0 amide bonds. The predicted octanol–water partition coefficient (Wildman–Crippen LogP) is 3.48. The van der Waals surface area contributed by atoms with Gasteiger partial charge in [0.25, 0.3) is 0 Å². The highest BCUT2D eigenvalue weighted by Crippen LogP contribution is 2.61. The van der Waals surface area contributed by atoms with Crippen molar-refractivity contribution in [1.82, 2.24) is 0 Å². The van der Waals surface area contributed by atoms with Crippen LogP contribution >= 0.6 is 0 Å². The van der Waals surface area contributed by atoms with E-state index in [-0.39, 0.29) is 5.41 Å². The van der Waals surface area contributed by atoms with Crippen molar-refractivity contribution < 1.29 is 8.42 Å². The van der Waals surface area contributed by atoms with Crippen LogP contribution in [0.2, 0.25) is 0 Å². The lowest BCUT2D eigenvalue weighted by molar-refractivity contribution is -0.0311. The van der Waals surface area contributed by atoms with Gasteiger partial charge in [-0.15, -0.1) is 0 Å². The van der Waals surface area contributed by atoms with Crippen molar-refractivity contribution in [2.75, 3.05) is 0 Å². The topological polar surface area (TPSA) is 60.2 Å². The van der Waals surface area contributed by atoms with Crippen molar-refractivity contribution in [1.29, 1.82) is 0 Å². The maximum absolute atomic E-state index is 12.6. The summed E-state index contributed by atoms with van der Waals surface area (Å²) in [4.78, 5) is 0.336. The van der Waals surface area contributed by atoms with Gasteiger partial charge in [-0.3, -0.25) is 0 Å². The number of hydrogen-bond acceptors (Lipinski definition) is 3. The van der Waals surface area contributed by atoms with Crippen molar-refractivity contribution in [2.45, 2.75) is 43.4 Å². The fourth-order valence-electron chi connectivity index (χ4n) is 5.43. The third kappa shape index (κ3) is 2.28. The summed E-state index contributed by atoms with van der Waals surface area (Å²) in [7, 11) is -3.44. The molecule has 5 rings (SSSR count). The predicted molar refractivity (Wildman–Crippen MR) is 86.5 cm³/mol. The van der Waals surface area contributed by atoms with Gasteiger partial charge >= 0.3 is 0 Å². The van der Waals surface area contributed by atoms with Crippen LogP contribution in [-0.4, -0.2) is 8.42 Å². The van der Waals surface area contributed by atoms with E-state index >= 15 is 0 Å². The summed E-state index contributed by atoms with van der Waals surface area (Å²) >= 11 is 0. The SMILES string of the molecule is NC(=CS(=O)(=O)c1ccccc1)C12CC3CC(CC(C3)C1)C2. The van der Waals surface area contributed by atoms with Gasteiger partial charge in [0.15, 0.2) is 0 Å². The molecular weight excluding hydrogens is 294 g/mol. The van der Waals surface area contributed by atoms with Crippen LogP contribution in [0.25, 0.3) is 0 Å². The summed E-state index contributed by atoms with van der Waals surface area (Å²) in [5.74, 6) is 2.29. The lowest BCUT2D eigenvalue weighted by atomic mass is 9.49. The second-order valence-electron chi connectivity index (χ2n) is 7.63. The summed E-state index contributed by atoms with van der Waals surface area (Å²) in [6.07, 6.45) is 7.26. The Morgan fingerprint density at radius 1 is 1.00 bits per heavy atom. The molecule has 118 valence electrons. The van der Waals surface area contributed by atoms with E-state index in [1.54, 1.807) is 24.3 Å². The van der Waals surface area contributed by atoms with Crippen LogP contribution in [0.5, 0.6) is 0 Å². The van der Waals surface area contributed by atoms with E-state index in [2.05, 4.69) is 0 Å². The standard InChI is InChI=1S/C18H23NO2S/c19-17(12-22(20,21)16-4-2-1-3-5-16)18-9-13-6-14(10-18)8-15(7-13)11-18/h1-5,12-15H,6-11,19H2. The quantitative estimate of drug-likeness (QED) is 0.928. The second kappa shape index (κ2) is 4.85. The van der Waals surface area contributed by atoms with E-state index < -0.39 is 9.84 Å². The normalized spacial score (nSPS) is 37.5. The first-order chi connectivity index (χ1) is 10.5. The number of nitrogens with two attached hydrogens (primary N) is 1. The summed E-state index contributed by atoms with van der Waals surface area (Å²) in [5.41, 5.74) is 6.94. The second-order valence-corrected chi connectivity index (χ2v) is 9.43. The van der Waals surface area contributed by atoms with Crippen LogP contribution in [0.4, 0.5) is 0 Å². The Labute approximate surface area is 132 Å². The van der Waals surface area contributed by atoms with Crippen LogP contribution in [0.3, 0.4) is 0 Å². The molecule has 0 radical (unpaired) electrons. The van der Waals surface area contributed by atoms with Crippen molar-refractivity contribution >= 4 is 9.84 Å². The van der Waals surface area contributed by atoms with E-state index in [0.717, 1.165) is 37.0 Å². The van der Waals surface area contributed by atoms with E-state index in [1.165, 1.54) is 24.7 Å². The maximum atomic E-state index is 12.6. The fourth-order valence-corrected chi connectivity index (χ4v) is 6.69. The molecule has 1 aromatic rings. The maximum Gasteiger partial charge on any atom is 0.201 e. The third-order valence-electron chi connectivity index (χ3n) is 6.00. The molecule has 0 heterocycles. The summed E-state index contributed by atoms with van der Waals surface area (Å²) in [5, 5.41) is 1.36. The van der Waals surface area contributed by atoms with Crippen LogP contribution in [-0.2, 0) is 9.84 Å². The Morgan fingerprint density at radius 2 is 1.50 bits per heavy atom. The molecule has 3 nitrogen and oxygen atoms in total. The van der Waals surface area contributed by atoms with Crippen LogP contribution in [0.15, 0.2) is 46.3 Å². The van der Waals surface area contributed by atoms with Crippen molar-refractivity contribution in [2.24, 2.45) is 28.9 Å². The first-order valence-electron chi connectivity index (χ1n) is 8.25. The van der Waals surface area contributed by atoms with E-state index in [9.17, 15) is 8.42 Å². The largest absolute Gasteiger partial charge is 0.401 e. The Balaban J connectivity index is 1.68. The molecule has 4 heteroatoms. The van der Waals surface area contributed by atoms with Gasteiger partial charge in [-0.1, -0.05) is 18.2 Å². The van der Waals surface area contributed by atoms with Gasteiger partial charge in [-0.2, -0.15) is 0 Å². The van der Waals surface area contributed by atoms with Gasteiger partial charge in [0, 0.05) is 11.1 Å². The minimum absolute atomic E-state index is 0.0450. The van der Waals surface area contributed by atoms with E-state index in [1.807, 2.05) is 6.07 Å². The van der Waals surface area contributed by atoms with Gasteiger partial charge in [-0.05, 0) is 68.4 Å². The van der Waals surface area contributed by atoms with E-state index in [4.69, 9.17) is 5.73 Å². The summed E-state index contributed by atoms with van der Waals surface area (Å²) in [6.45, 7) is 0. The minimum atomic E-state index is -3.44. The zero-order chi connectivity index (χ0) is 15.4. The molecule has 1 aromatic carbocycles. The smallest absolute Gasteiger partial charge is 0.201 e. The molecule has 22 heavy (non-hydrogen) atoms. The molecule has 0 saturated heterocycles. The molecule has 2 N–H and O–H groups in total. The van der Waals surface area contributed by atoms with Crippen LogP contribution in [0.1, 0.15) is 38.5 Å². The lowest BCUT2D eigenvalue weighted by Crippen LogP contribution is -2.48. The highest BCUT2D eigenvalue weighted by Gasteiger charge is 2.52. The summed E-state index contributed by atoms with van der Waals surface area (Å²) in [6, 6.07) is 8.60. The fraction of sp³-hybridized carbons (Fsp3) is 0.556. The van der Waals surface area contributed by atoms with Gasteiger partial charge in [0.2, 0.25) is 9.84 Å². The Bertz CT molecular complexity index is 671. The molecule has 4 aliphatic rings. The van der Waals surface area contributed by atoms with Crippen molar-refractivity contribution in [3.63, 3.8) is 0 Å². The van der Waals surface area contributed by atoms with Gasteiger partial charge < -0.3 is 5.73 Å². The van der Waals surface area contributed by atoms with Crippen LogP contribution in [0, 0.1) is 23.2 Å². The highest BCUT2D eigenvalue weighted by molar-refractivity contribution is 7.94. The monoisotopic (exact) mass is 317 g/mol. The molecule has 4 aliphatic carbocycles. The zero-order valence-electron chi connectivity index (χ0n) is 12.7. The minimum Gasteiger partial charge on any atom is -0.401 e. The van der Waals surface area contributed by atoms with Gasteiger partial charge in [0.1, 0.15) is 0 Å². The summed E-state index contributed by atoms with van der Waals surface area (Å²) < 4.78 is 25.2. The Morgan fingerprint density at radius 3 is 2.00 bits per heavy atom. The van der Waals surface area contributed by atoms with Crippen molar-refractivity contribution in [3.05, 3.63) is 41.4 Å². The molecule has 0 unspecified atom stereocenters. The third-order valence-corrected chi connectivity index (χ3v) is 7.50. The van der Waals surface area contributed by atoms with Gasteiger partial charge in [-0.25, -0.2) is 8.42 Å². The van der Waals surface area contributed by atoms with Gasteiger partial charge in [0.05, 0.1) is 10.3 Å². The average Bonchev–Trinajstić information content (AvgIpc) is 2.46. The van der Waals surface area contributed by atoms with Crippen molar-refractivity contribution in [3.8, 4) is 0 Å². The number of hydrogen-bond donors (Lipinski definition) is 1. The number of sulfone groups is 1. The molecule has 0 atom stereocenters. The molecule has 4 saturated carbocycles. The molecular formula is C18H23NO2S. The zero-order valence-corrected chi connectivity index (χ0v) is 13.6. The molecule has 0 spiro atoms.